The number of aromatic nitrogens is 1. The summed E-state index contributed by atoms with van der Waals surface area (Å²) in [5.74, 6) is -0.488. The molecule has 1 aromatic heterocycles. The number of nitrogens with one attached hydrogen (secondary N) is 2. The maximum absolute atomic E-state index is 17.5. The van der Waals surface area contributed by atoms with E-state index in [1.807, 2.05) is 39.8 Å². The third-order valence-corrected chi connectivity index (χ3v) is 24.3. The van der Waals surface area contributed by atoms with E-state index in [9.17, 15) is 9.59 Å². The van der Waals surface area contributed by atoms with E-state index in [4.69, 9.17) is 6.58 Å². The zero-order valence-corrected chi connectivity index (χ0v) is 54.4. The van der Waals surface area contributed by atoms with E-state index in [2.05, 4.69) is 47.3 Å². The van der Waals surface area contributed by atoms with Crippen LogP contribution in [0.5, 0.6) is 0 Å². The maximum atomic E-state index is 17.5. The second kappa shape index (κ2) is 27.3. The van der Waals surface area contributed by atoms with Crippen LogP contribution < -0.4 is 5.32 Å². The fourth-order valence-electron chi connectivity index (χ4n) is 20.7. The number of hydrogen-bond donors (Lipinski definition) is 2. The van der Waals surface area contributed by atoms with Crippen molar-refractivity contribution < 1.29 is 27.2 Å². The second-order valence-electron chi connectivity index (χ2n) is 28.7. The van der Waals surface area contributed by atoms with E-state index in [0.29, 0.717) is 78.0 Å². The summed E-state index contributed by atoms with van der Waals surface area (Å²) in [6.07, 6.45) is 32.2. The normalized spacial score (nSPS) is 30.0. The number of rotatable bonds is 15. The molecule has 0 radical (unpaired) electrons. The monoisotopic (exact) mass is 1190 g/mol. The molecule has 5 nitrogen and oxygen atoms in total. The first-order valence-corrected chi connectivity index (χ1v) is 35.4. The van der Waals surface area contributed by atoms with Crippen LogP contribution in [-0.2, 0) is 16.0 Å². The summed E-state index contributed by atoms with van der Waals surface area (Å²) in [5.41, 5.74) is 9.02. The Morgan fingerprint density at radius 3 is 1.94 bits per heavy atom. The summed E-state index contributed by atoms with van der Waals surface area (Å²) in [5, 5.41) is 4.40. The zero-order chi connectivity index (χ0) is 61.4. The molecule has 1 saturated heterocycles. The summed E-state index contributed by atoms with van der Waals surface area (Å²) in [4.78, 5) is 32.4. The standard InChI is InChI=1S/C74H93F4N3O2.2C2H6/c1-6-60(73(79-44(4)83)47-22-14-9-15-23-47)74(5)61-26-16-24-48(61)35-62(74)68-39-52-34-59(64(76)41-67(52)80-68)56-29-28-55(71(56)54-37-65(77)72(66(78)38-54)46-20-12-8-13-21-46)58-33-50-31-53(32-51(50)36-63(58)75)70-40-49-25-17-27-69(49)81(70)43(3)57(30-42(2)82)45-18-10-7-11-19-45;2*1-2/h6,31,33-34,36-39,41,45-49,55-57,61-62,69-71,73,80H,3,7-30,32,35,40H2,1-2,4-5H3,(H,79,83);2*1-2H3/b60-6-;;/t48-,49-,55+,56+,57+,61-,62-,69-,70-,71?,73-,74?;;/m0../s1. The molecule has 2 unspecified atom stereocenters. The van der Waals surface area contributed by atoms with Gasteiger partial charge in [-0.05, 0) is 238 Å². The Kier molecular flexibility index (Phi) is 19.9. The molecule has 2 heterocycles. The first kappa shape index (κ1) is 63.6. The number of carbonyl (C=O) groups is 2. The van der Waals surface area contributed by atoms with Crippen molar-refractivity contribution in [3.63, 3.8) is 0 Å². The Morgan fingerprint density at radius 2 is 1.30 bits per heavy atom. The topological polar surface area (TPSA) is 65.2 Å². The minimum atomic E-state index is -0.589. The number of halogens is 4. The predicted octanol–water partition coefficient (Wildman–Crippen LogP) is 21.1. The molecule has 3 aromatic carbocycles. The van der Waals surface area contributed by atoms with E-state index in [1.165, 1.54) is 87.5 Å². The lowest BCUT2D eigenvalue weighted by atomic mass is 9.62. The van der Waals surface area contributed by atoms with Crippen LogP contribution in [0.2, 0.25) is 0 Å². The second-order valence-corrected chi connectivity index (χ2v) is 28.7. The number of carbonyl (C=O) groups excluding carboxylic acids is 2. The number of amides is 1. The van der Waals surface area contributed by atoms with Crippen molar-refractivity contribution in [1.29, 1.82) is 0 Å². The molecular weight excluding hydrogens is 1090 g/mol. The molecule has 12 atom stereocenters. The van der Waals surface area contributed by atoms with Crippen molar-refractivity contribution in [1.82, 2.24) is 15.2 Å². The number of H-pyrrole nitrogens is 1. The fraction of sp³-hybridized carbons (Fsp3) is 0.641. The highest BCUT2D eigenvalue weighted by Gasteiger charge is 2.58. The lowest BCUT2D eigenvalue weighted by Gasteiger charge is -2.45. The lowest BCUT2D eigenvalue weighted by Crippen LogP contribution is -2.47. The van der Waals surface area contributed by atoms with E-state index < -0.39 is 29.4 Å². The Bertz CT molecular complexity index is 3170. The molecule has 1 aliphatic heterocycles. The number of Topliss-reactive ketones (excluding diaryl/α,β-unsaturated/α-hetero) is 1. The molecule has 0 bridgehead atoms. The van der Waals surface area contributed by atoms with Gasteiger partial charge in [-0.15, -0.1) is 0 Å². The van der Waals surface area contributed by atoms with E-state index in [-0.39, 0.29) is 64.1 Å². The highest BCUT2D eigenvalue weighted by Crippen LogP contribution is 2.66. The van der Waals surface area contributed by atoms with Crippen molar-refractivity contribution in [2.24, 2.45) is 40.9 Å². The van der Waals surface area contributed by atoms with Crippen molar-refractivity contribution in [2.75, 3.05) is 0 Å². The van der Waals surface area contributed by atoms with Gasteiger partial charge < -0.3 is 20.0 Å². The lowest BCUT2D eigenvalue weighted by molar-refractivity contribution is -0.120. The minimum absolute atomic E-state index is 0.0127. The minimum Gasteiger partial charge on any atom is -0.365 e. The Hall–Kier alpha value is -4.92. The highest BCUT2D eigenvalue weighted by molar-refractivity contribution is 5.82. The SMILES string of the molecule is C=C([C@@H](CC(C)=O)C1CCCCC1)N1[C@H](C2=Cc3cc([C@H]4CC[C@H](c5cc6cc([C@@H]7C[C@@H]8CCC[C@@H]8C7(C)/C(=C\C)[C@@H](NC(C)=O)C7CCCCC7)[nH]c6cc5F)C4c4cc(F)c(C5CCCCC5)c(F)c4)c(F)cc3C2)C[C@@H]2CCC[C@@H]21.CC.CC. The van der Waals surface area contributed by atoms with E-state index in [1.54, 1.807) is 26.0 Å². The number of aromatic amines is 1. The molecule has 7 saturated carbocycles. The first-order chi connectivity index (χ1) is 42.2. The maximum Gasteiger partial charge on any atom is 0.217 e. The Labute approximate surface area is 520 Å². The van der Waals surface area contributed by atoms with Crippen molar-refractivity contribution in [2.45, 2.75) is 276 Å². The van der Waals surface area contributed by atoms with E-state index in [0.717, 1.165) is 117 Å². The first-order valence-electron chi connectivity index (χ1n) is 35.4. The van der Waals surface area contributed by atoms with E-state index >= 15 is 17.6 Å². The highest BCUT2D eigenvalue weighted by atomic mass is 19.1. The van der Waals surface area contributed by atoms with Crippen LogP contribution in [0.15, 0.2) is 72.0 Å². The summed E-state index contributed by atoms with van der Waals surface area (Å²) < 4.78 is 68.7. The average Bonchev–Trinajstić information content (AvgIpc) is 1.67. The largest absolute Gasteiger partial charge is 0.365 e. The van der Waals surface area contributed by atoms with Crippen LogP contribution in [0.3, 0.4) is 0 Å². The number of fused-ring (bicyclic) bond motifs is 4. The summed E-state index contributed by atoms with van der Waals surface area (Å²) >= 11 is 0. The Balaban J connectivity index is 0.00000192. The fourth-order valence-corrected chi connectivity index (χ4v) is 20.7. The average molecular weight is 1190 g/mol. The van der Waals surface area contributed by atoms with Gasteiger partial charge in [-0.25, -0.2) is 17.6 Å². The smallest absolute Gasteiger partial charge is 0.217 e. The molecule has 472 valence electrons. The number of nitrogens with zero attached hydrogens (tertiary/aromatic N) is 1. The third kappa shape index (κ3) is 12.2. The van der Waals surface area contributed by atoms with Gasteiger partial charge in [0.05, 0.1) is 12.1 Å². The molecule has 8 aliphatic carbocycles. The van der Waals surface area contributed by atoms with Gasteiger partial charge in [0.1, 0.15) is 29.1 Å². The van der Waals surface area contributed by atoms with Crippen LogP contribution in [0.25, 0.3) is 17.0 Å². The van der Waals surface area contributed by atoms with Crippen LogP contribution in [-0.4, -0.2) is 39.7 Å². The van der Waals surface area contributed by atoms with Crippen molar-refractivity contribution >= 4 is 28.7 Å². The molecule has 9 heteroatoms. The molecule has 1 amide bonds. The van der Waals surface area contributed by atoms with Crippen LogP contribution in [0, 0.1) is 64.2 Å². The molecule has 2 N–H and O–H groups in total. The van der Waals surface area contributed by atoms with Gasteiger partial charge in [0.25, 0.3) is 0 Å². The summed E-state index contributed by atoms with van der Waals surface area (Å²) in [7, 11) is 0. The van der Waals surface area contributed by atoms with Crippen molar-refractivity contribution in [3.8, 4) is 0 Å². The number of ketones is 1. The van der Waals surface area contributed by atoms with Gasteiger partial charge in [0.2, 0.25) is 5.91 Å². The van der Waals surface area contributed by atoms with Crippen LogP contribution in [0.4, 0.5) is 17.6 Å². The molecule has 0 spiro atoms. The van der Waals surface area contributed by atoms with Crippen LogP contribution in [0.1, 0.15) is 291 Å². The van der Waals surface area contributed by atoms with Gasteiger partial charge in [0.15, 0.2) is 0 Å². The van der Waals surface area contributed by atoms with Gasteiger partial charge in [-0.3, -0.25) is 4.79 Å². The molecule has 4 aromatic rings. The van der Waals surface area contributed by atoms with Crippen LogP contribution >= 0.6 is 0 Å². The summed E-state index contributed by atoms with van der Waals surface area (Å²) in [6.45, 7) is 20.9. The molecular formula is C78H105F4N3O2. The number of hydrogen-bond acceptors (Lipinski definition) is 3. The predicted molar refractivity (Wildman–Crippen MR) is 349 cm³/mol. The van der Waals surface area contributed by atoms with Gasteiger partial charge >= 0.3 is 0 Å². The van der Waals surface area contributed by atoms with Gasteiger partial charge in [-0.2, -0.15) is 0 Å². The molecule has 13 rings (SSSR count). The zero-order valence-electron chi connectivity index (χ0n) is 54.4. The molecule has 9 aliphatic rings. The number of allylic oxidation sites excluding steroid dienone is 2. The van der Waals surface area contributed by atoms with Gasteiger partial charge in [0, 0.05) is 64.5 Å². The number of benzene rings is 3. The quantitative estimate of drug-likeness (QED) is 0.0921. The summed E-state index contributed by atoms with van der Waals surface area (Å²) in [6, 6.07) is 13.2. The molecule has 8 fully saturated rings. The van der Waals surface area contributed by atoms with Crippen molar-refractivity contribution in [3.05, 3.63) is 134 Å². The third-order valence-electron chi connectivity index (χ3n) is 24.3. The molecule has 87 heavy (non-hydrogen) atoms. The Morgan fingerprint density at radius 1 is 0.690 bits per heavy atom. The van der Waals surface area contributed by atoms with Gasteiger partial charge in [-0.1, -0.05) is 130 Å². The number of likely N-dealkylation sites (tertiary alicyclic amines) is 1.